The Morgan fingerprint density at radius 1 is 0.771 bits per heavy atom. The zero-order valence-electron chi connectivity index (χ0n) is 18.5. The van der Waals surface area contributed by atoms with Crippen molar-refractivity contribution in [2.24, 2.45) is 0 Å². The number of nitrogens with one attached hydrogen (secondary N) is 3. The third kappa shape index (κ3) is 6.89. The molecule has 4 rings (SSSR count). The second-order valence-electron chi connectivity index (χ2n) is 7.63. The van der Waals surface area contributed by atoms with Gasteiger partial charge in [-0.1, -0.05) is 60.7 Å². The summed E-state index contributed by atoms with van der Waals surface area (Å²) in [5, 5.41) is 1.91. The Morgan fingerprint density at radius 3 is 1.91 bits per heavy atom. The van der Waals surface area contributed by atoms with Crippen molar-refractivity contribution < 1.29 is 16.8 Å². The number of hydrogen-bond acceptors (Lipinski definition) is 6. The van der Waals surface area contributed by atoms with E-state index < -0.39 is 20.2 Å². The molecule has 0 spiro atoms. The lowest BCUT2D eigenvalue weighted by atomic mass is 9.89. The first-order valence-corrected chi connectivity index (χ1v) is 14.6. The molecule has 0 aliphatic rings. The van der Waals surface area contributed by atoms with Crippen LogP contribution >= 0.6 is 11.3 Å². The number of sulfonamides is 1. The highest BCUT2D eigenvalue weighted by atomic mass is 32.2. The Labute approximate surface area is 209 Å². The molecule has 4 aromatic rings. The fourth-order valence-electron chi connectivity index (χ4n) is 3.58. The molecule has 0 saturated carbocycles. The monoisotopic (exact) mass is 528 g/mol. The Morgan fingerprint density at radius 2 is 1.37 bits per heavy atom. The van der Waals surface area contributed by atoms with Crippen LogP contribution in [0.25, 0.3) is 0 Å². The molecule has 3 N–H and O–H groups in total. The number of nitrogens with zero attached hydrogens (tertiary/aromatic N) is 1. The summed E-state index contributed by atoms with van der Waals surface area (Å²) in [4.78, 5) is 3.90. The third-order valence-corrected chi connectivity index (χ3v) is 8.46. The summed E-state index contributed by atoms with van der Waals surface area (Å²) < 4.78 is 57.4. The van der Waals surface area contributed by atoms with Crippen molar-refractivity contribution in [1.82, 2.24) is 9.71 Å². The molecular weight excluding hydrogens is 504 g/mol. The van der Waals surface area contributed by atoms with Crippen molar-refractivity contribution in [3.8, 4) is 0 Å². The molecule has 0 atom stereocenters. The summed E-state index contributed by atoms with van der Waals surface area (Å²) in [6.45, 7) is 0.216. The van der Waals surface area contributed by atoms with Gasteiger partial charge in [-0.25, -0.2) is 13.4 Å². The standard InChI is InChI=1S/C24H24N4O4S3/c29-34(30,28-24-25-17-18-33-24)22-13-11-21(12-14-22)27-35(31,32)26-16-15-23(19-7-3-1-4-8-19)20-9-5-2-6-10-20/h1-14,17-18,23,26-27H,15-16H2,(H,25,28). The van der Waals surface area contributed by atoms with Gasteiger partial charge in [0.15, 0.2) is 5.13 Å². The van der Waals surface area contributed by atoms with Gasteiger partial charge >= 0.3 is 0 Å². The molecule has 0 amide bonds. The van der Waals surface area contributed by atoms with Crippen LogP contribution in [0, 0.1) is 0 Å². The molecule has 1 heterocycles. The first-order valence-electron chi connectivity index (χ1n) is 10.7. The summed E-state index contributed by atoms with van der Waals surface area (Å²) >= 11 is 1.16. The van der Waals surface area contributed by atoms with Gasteiger partial charge in [0.25, 0.3) is 20.2 Å². The first kappa shape index (κ1) is 24.9. The van der Waals surface area contributed by atoms with Crippen molar-refractivity contribution in [3.05, 3.63) is 108 Å². The molecule has 0 unspecified atom stereocenters. The predicted molar refractivity (Wildman–Crippen MR) is 139 cm³/mol. The molecule has 0 saturated heterocycles. The van der Waals surface area contributed by atoms with Gasteiger partial charge in [0.05, 0.1) is 4.90 Å². The van der Waals surface area contributed by atoms with Crippen LogP contribution in [-0.2, 0) is 20.2 Å². The molecular formula is C24H24N4O4S3. The minimum Gasteiger partial charge on any atom is -0.271 e. The van der Waals surface area contributed by atoms with Crippen LogP contribution in [-0.4, -0.2) is 28.4 Å². The summed E-state index contributed by atoms with van der Waals surface area (Å²) in [5.41, 5.74) is 2.45. The predicted octanol–water partition coefficient (Wildman–Crippen LogP) is 4.41. The van der Waals surface area contributed by atoms with Gasteiger partial charge < -0.3 is 0 Å². The molecule has 0 aliphatic heterocycles. The fourth-order valence-corrected chi connectivity index (χ4v) is 6.27. The van der Waals surface area contributed by atoms with Gasteiger partial charge in [-0.2, -0.15) is 13.1 Å². The van der Waals surface area contributed by atoms with Gasteiger partial charge in [-0.05, 0) is 41.8 Å². The molecule has 1 aromatic heterocycles. The molecule has 0 radical (unpaired) electrons. The first-order chi connectivity index (χ1) is 16.8. The molecule has 0 fully saturated rings. The maximum absolute atomic E-state index is 12.6. The highest BCUT2D eigenvalue weighted by Crippen LogP contribution is 2.27. The maximum atomic E-state index is 12.6. The number of anilines is 2. The number of hydrogen-bond donors (Lipinski definition) is 3. The van der Waals surface area contributed by atoms with E-state index in [1.807, 2.05) is 60.7 Å². The van der Waals surface area contributed by atoms with Gasteiger partial charge in [0, 0.05) is 29.7 Å². The van der Waals surface area contributed by atoms with Crippen LogP contribution in [0.3, 0.4) is 0 Å². The Bertz CT molecular complexity index is 1390. The van der Waals surface area contributed by atoms with Crippen LogP contribution in [0.15, 0.2) is 101 Å². The van der Waals surface area contributed by atoms with Crippen molar-refractivity contribution in [1.29, 1.82) is 0 Å². The fraction of sp³-hybridized carbons (Fsp3) is 0.125. The molecule has 8 nitrogen and oxygen atoms in total. The number of rotatable bonds is 11. The maximum Gasteiger partial charge on any atom is 0.299 e. The van der Waals surface area contributed by atoms with Crippen LogP contribution < -0.4 is 14.2 Å². The smallest absolute Gasteiger partial charge is 0.271 e. The SMILES string of the molecule is O=S(=O)(NCCC(c1ccccc1)c1ccccc1)Nc1ccc(S(=O)(=O)Nc2nccs2)cc1. The van der Waals surface area contributed by atoms with E-state index in [0.29, 0.717) is 6.42 Å². The second-order valence-corrected chi connectivity index (χ2v) is 11.7. The van der Waals surface area contributed by atoms with Crippen molar-refractivity contribution in [2.75, 3.05) is 16.0 Å². The minimum absolute atomic E-state index is 0.00262. The van der Waals surface area contributed by atoms with Gasteiger partial charge in [-0.3, -0.25) is 9.44 Å². The van der Waals surface area contributed by atoms with E-state index in [2.05, 4.69) is 19.2 Å². The lowest BCUT2D eigenvalue weighted by Crippen LogP contribution is -2.31. The van der Waals surface area contributed by atoms with Gasteiger partial charge in [0.2, 0.25) is 0 Å². The highest BCUT2D eigenvalue weighted by molar-refractivity contribution is 7.93. The highest BCUT2D eigenvalue weighted by Gasteiger charge is 2.18. The molecule has 3 aromatic carbocycles. The molecule has 11 heteroatoms. The summed E-state index contributed by atoms with van der Waals surface area (Å²) in [7, 11) is -7.67. The molecule has 35 heavy (non-hydrogen) atoms. The van der Waals surface area contributed by atoms with E-state index in [1.165, 1.54) is 30.5 Å². The lowest BCUT2D eigenvalue weighted by molar-refractivity contribution is 0.580. The van der Waals surface area contributed by atoms with Crippen molar-refractivity contribution in [3.63, 3.8) is 0 Å². The van der Waals surface area contributed by atoms with E-state index in [0.717, 1.165) is 22.5 Å². The number of benzene rings is 3. The third-order valence-electron chi connectivity index (χ3n) is 5.20. The Kier molecular flexibility index (Phi) is 7.81. The van der Waals surface area contributed by atoms with Crippen LogP contribution in [0.2, 0.25) is 0 Å². The summed E-state index contributed by atoms with van der Waals surface area (Å²) in [5.74, 6) is 0.0370. The van der Waals surface area contributed by atoms with E-state index in [4.69, 9.17) is 0 Å². The lowest BCUT2D eigenvalue weighted by Gasteiger charge is -2.18. The Hall–Kier alpha value is -3.25. The number of thiazole rings is 1. The average Bonchev–Trinajstić information content (AvgIpc) is 3.35. The van der Waals surface area contributed by atoms with E-state index in [1.54, 1.807) is 5.38 Å². The minimum atomic E-state index is -3.86. The second kappa shape index (κ2) is 11.0. The van der Waals surface area contributed by atoms with Crippen LogP contribution in [0.1, 0.15) is 23.5 Å². The Balaban J connectivity index is 1.38. The van der Waals surface area contributed by atoms with Gasteiger partial charge in [-0.15, -0.1) is 11.3 Å². The molecule has 182 valence electrons. The van der Waals surface area contributed by atoms with Crippen LogP contribution in [0.5, 0.6) is 0 Å². The van der Waals surface area contributed by atoms with E-state index in [-0.39, 0.29) is 28.2 Å². The summed E-state index contributed by atoms with van der Waals surface area (Å²) in [6.07, 6.45) is 2.06. The topological polar surface area (TPSA) is 117 Å². The normalized spacial score (nSPS) is 11.9. The zero-order valence-corrected chi connectivity index (χ0v) is 21.0. The largest absolute Gasteiger partial charge is 0.299 e. The van der Waals surface area contributed by atoms with Crippen molar-refractivity contribution >= 4 is 42.4 Å². The van der Waals surface area contributed by atoms with Crippen LogP contribution in [0.4, 0.5) is 10.8 Å². The molecule has 0 bridgehead atoms. The molecule has 0 aliphatic carbocycles. The quantitative estimate of drug-likeness (QED) is 0.267. The van der Waals surface area contributed by atoms with E-state index in [9.17, 15) is 16.8 Å². The van der Waals surface area contributed by atoms with Crippen molar-refractivity contribution in [2.45, 2.75) is 17.2 Å². The number of aromatic nitrogens is 1. The zero-order chi connectivity index (χ0) is 24.7. The van der Waals surface area contributed by atoms with Gasteiger partial charge in [0.1, 0.15) is 0 Å². The summed E-state index contributed by atoms with van der Waals surface area (Å²) in [6, 6.07) is 25.3. The average molecular weight is 529 g/mol. The van der Waals surface area contributed by atoms with E-state index >= 15 is 0 Å².